The highest BCUT2D eigenvalue weighted by atomic mass is 19.1. The molecule has 0 radical (unpaired) electrons. The molecular formula is C25H32FN5O2. The Morgan fingerprint density at radius 3 is 2.55 bits per heavy atom. The summed E-state index contributed by atoms with van der Waals surface area (Å²) in [7, 11) is 0. The number of benzene rings is 1. The van der Waals surface area contributed by atoms with Gasteiger partial charge in [0, 0.05) is 49.3 Å². The Morgan fingerprint density at radius 2 is 1.88 bits per heavy atom. The molecule has 2 aliphatic rings. The second-order valence-electron chi connectivity index (χ2n) is 9.68. The third-order valence-electron chi connectivity index (χ3n) is 6.36. The molecule has 0 unspecified atom stereocenters. The van der Waals surface area contributed by atoms with Crippen molar-refractivity contribution in [3.8, 4) is 11.4 Å². The van der Waals surface area contributed by atoms with Gasteiger partial charge in [0.25, 0.3) is 0 Å². The van der Waals surface area contributed by atoms with Gasteiger partial charge in [-0.3, -0.25) is 9.69 Å². The zero-order chi connectivity index (χ0) is 23.8. The van der Waals surface area contributed by atoms with Crippen LogP contribution in [0, 0.1) is 0 Å². The van der Waals surface area contributed by atoms with E-state index in [1.807, 2.05) is 32.0 Å². The molecule has 2 aliphatic heterocycles. The lowest BCUT2D eigenvalue weighted by Crippen LogP contribution is -2.53. The topological polar surface area (TPSA) is 78.4 Å². The first-order valence-corrected chi connectivity index (χ1v) is 11.7. The van der Waals surface area contributed by atoms with Crippen LogP contribution in [0.3, 0.4) is 0 Å². The lowest BCUT2D eigenvalue weighted by molar-refractivity contribution is -0.118. The van der Waals surface area contributed by atoms with Crippen molar-refractivity contribution < 1.29 is 14.0 Å². The highest BCUT2D eigenvalue weighted by molar-refractivity contribution is 6.00. The van der Waals surface area contributed by atoms with Crippen molar-refractivity contribution in [1.29, 1.82) is 0 Å². The summed E-state index contributed by atoms with van der Waals surface area (Å²) < 4.78 is 15.8. The maximum atomic E-state index is 15.8. The molecule has 1 fully saturated rings. The van der Waals surface area contributed by atoms with Gasteiger partial charge < -0.3 is 10.2 Å². The van der Waals surface area contributed by atoms with E-state index in [4.69, 9.17) is 4.98 Å². The maximum Gasteiger partial charge on any atom is 0.317 e. The molecule has 0 atom stereocenters. The predicted molar refractivity (Wildman–Crippen MR) is 126 cm³/mol. The molecule has 0 aliphatic carbocycles. The largest absolute Gasteiger partial charge is 0.336 e. The van der Waals surface area contributed by atoms with Gasteiger partial charge in [0.05, 0.1) is 13.0 Å². The number of piperidine rings is 1. The fourth-order valence-electron chi connectivity index (χ4n) is 4.52. The number of amides is 3. The van der Waals surface area contributed by atoms with Crippen LogP contribution in [-0.2, 0) is 11.2 Å². The van der Waals surface area contributed by atoms with Crippen molar-refractivity contribution in [2.75, 3.05) is 24.5 Å². The summed E-state index contributed by atoms with van der Waals surface area (Å²) in [5.74, 6) is 1.18. The minimum absolute atomic E-state index is 0.0305. The van der Waals surface area contributed by atoms with E-state index in [1.54, 1.807) is 11.1 Å². The van der Waals surface area contributed by atoms with Gasteiger partial charge in [-0.1, -0.05) is 38.1 Å². The fourth-order valence-corrected chi connectivity index (χ4v) is 4.52. The van der Waals surface area contributed by atoms with Crippen molar-refractivity contribution in [2.24, 2.45) is 0 Å². The van der Waals surface area contributed by atoms with Crippen LogP contribution >= 0.6 is 0 Å². The standard InChI is InChI=1S/C25H32FN5O2/c1-16(2)19-7-5-6-8-20(19)22-27-14-18-13-21(32)31(23(18)29-22)15-25(26)9-11-30(12-10-25)24(33)28-17(3)4/h5-8,14,16-17H,9-13,15H2,1-4H3,(H,28,33). The Kier molecular flexibility index (Phi) is 6.36. The predicted octanol–water partition coefficient (Wildman–Crippen LogP) is 4.08. The van der Waals surface area contributed by atoms with Gasteiger partial charge in [0.15, 0.2) is 5.82 Å². The number of urea groups is 1. The van der Waals surface area contributed by atoms with Crippen LogP contribution in [0.15, 0.2) is 30.5 Å². The third-order valence-corrected chi connectivity index (χ3v) is 6.36. The SMILES string of the molecule is CC(C)NC(=O)N1CCC(F)(CN2C(=O)Cc3cnc(-c4ccccc4C(C)C)nc32)CC1. The first kappa shape index (κ1) is 23.1. The second kappa shape index (κ2) is 9.08. The maximum absolute atomic E-state index is 15.8. The molecule has 0 bridgehead atoms. The summed E-state index contributed by atoms with van der Waals surface area (Å²) in [6.07, 6.45) is 2.24. The number of anilines is 1. The molecule has 2 aromatic rings. The summed E-state index contributed by atoms with van der Waals surface area (Å²) in [5.41, 5.74) is 1.21. The quantitative estimate of drug-likeness (QED) is 0.740. The van der Waals surface area contributed by atoms with Crippen LogP contribution < -0.4 is 10.2 Å². The van der Waals surface area contributed by atoms with Gasteiger partial charge in [0.1, 0.15) is 11.5 Å². The molecule has 4 rings (SSSR count). The lowest BCUT2D eigenvalue weighted by atomic mass is 9.93. The summed E-state index contributed by atoms with van der Waals surface area (Å²) in [6.45, 7) is 8.61. The van der Waals surface area contributed by atoms with E-state index < -0.39 is 5.67 Å². The molecule has 3 amide bonds. The second-order valence-corrected chi connectivity index (χ2v) is 9.68. The van der Waals surface area contributed by atoms with E-state index in [0.29, 0.717) is 30.6 Å². The zero-order valence-corrected chi connectivity index (χ0v) is 19.8. The Labute approximate surface area is 194 Å². The van der Waals surface area contributed by atoms with E-state index >= 15 is 4.39 Å². The number of carbonyl (C=O) groups is 2. The van der Waals surface area contributed by atoms with Crippen LogP contribution in [0.1, 0.15) is 57.6 Å². The van der Waals surface area contributed by atoms with Crippen LogP contribution in [0.25, 0.3) is 11.4 Å². The summed E-state index contributed by atoms with van der Waals surface area (Å²) >= 11 is 0. The molecule has 1 aromatic carbocycles. The molecule has 0 spiro atoms. The monoisotopic (exact) mass is 453 g/mol. The summed E-state index contributed by atoms with van der Waals surface area (Å²) in [5, 5.41) is 2.85. The average molecular weight is 454 g/mol. The normalized spacial score (nSPS) is 17.6. The Morgan fingerprint density at radius 1 is 1.18 bits per heavy atom. The van der Waals surface area contributed by atoms with Crippen LogP contribution in [-0.4, -0.2) is 58.2 Å². The first-order valence-electron chi connectivity index (χ1n) is 11.7. The van der Waals surface area contributed by atoms with E-state index in [-0.39, 0.29) is 43.8 Å². The molecule has 1 N–H and O–H groups in total. The third kappa shape index (κ3) is 4.84. The highest BCUT2D eigenvalue weighted by Gasteiger charge is 2.42. The number of fused-ring (bicyclic) bond motifs is 1. The number of hydrogen-bond donors (Lipinski definition) is 1. The number of halogens is 1. The number of alkyl halides is 1. The van der Waals surface area contributed by atoms with Gasteiger partial charge >= 0.3 is 6.03 Å². The Balaban J connectivity index is 1.53. The van der Waals surface area contributed by atoms with E-state index in [1.165, 1.54) is 4.90 Å². The summed E-state index contributed by atoms with van der Waals surface area (Å²) in [4.78, 5) is 37.4. The van der Waals surface area contributed by atoms with Gasteiger partial charge in [0.2, 0.25) is 5.91 Å². The van der Waals surface area contributed by atoms with Crippen LogP contribution in [0.2, 0.25) is 0 Å². The Hall–Kier alpha value is -3.03. The van der Waals surface area contributed by atoms with Gasteiger partial charge in [-0.25, -0.2) is 19.2 Å². The van der Waals surface area contributed by atoms with Crippen LogP contribution in [0.5, 0.6) is 0 Å². The molecular weight excluding hydrogens is 421 g/mol. The van der Waals surface area contributed by atoms with Crippen molar-refractivity contribution >= 4 is 17.8 Å². The molecule has 33 heavy (non-hydrogen) atoms. The molecule has 176 valence electrons. The van der Waals surface area contributed by atoms with Gasteiger partial charge in [-0.15, -0.1) is 0 Å². The number of likely N-dealkylation sites (tertiary alicyclic amines) is 1. The minimum atomic E-state index is -1.56. The minimum Gasteiger partial charge on any atom is -0.336 e. The van der Waals surface area contributed by atoms with Gasteiger partial charge in [-0.2, -0.15) is 0 Å². The molecule has 7 nitrogen and oxygen atoms in total. The molecule has 0 saturated carbocycles. The van der Waals surface area contributed by atoms with Crippen molar-refractivity contribution in [3.05, 3.63) is 41.6 Å². The van der Waals surface area contributed by atoms with Crippen molar-refractivity contribution in [2.45, 2.75) is 64.6 Å². The smallest absolute Gasteiger partial charge is 0.317 e. The van der Waals surface area contributed by atoms with Gasteiger partial charge in [-0.05, 0) is 25.3 Å². The highest BCUT2D eigenvalue weighted by Crippen LogP contribution is 2.35. The van der Waals surface area contributed by atoms with Crippen molar-refractivity contribution in [1.82, 2.24) is 20.2 Å². The van der Waals surface area contributed by atoms with Crippen LogP contribution in [0.4, 0.5) is 15.0 Å². The van der Waals surface area contributed by atoms with Crippen molar-refractivity contribution in [3.63, 3.8) is 0 Å². The average Bonchev–Trinajstić information content (AvgIpc) is 3.07. The fraction of sp³-hybridized carbons (Fsp3) is 0.520. The number of rotatable bonds is 5. The Bertz CT molecular complexity index is 1050. The molecule has 8 heteroatoms. The number of nitrogens with one attached hydrogen (secondary N) is 1. The molecule has 1 saturated heterocycles. The number of carbonyl (C=O) groups excluding carboxylic acids is 2. The zero-order valence-electron chi connectivity index (χ0n) is 19.8. The number of hydrogen-bond acceptors (Lipinski definition) is 4. The molecule has 1 aromatic heterocycles. The van der Waals surface area contributed by atoms with E-state index in [0.717, 1.165) is 16.7 Å². The first-order chi connectivity index (χ1) is 15.7. The van der Waals surface area contributed by atoms with E-state index in [9.17, 15) is 9.59 Å². The van der Waals surface area contributed by atoms with E-state index in [2.05, 4.69) is 30.2 Å². The number of aromatic nitrogens is 2. The lowest BCUT2D eigenvalue weighted by Gasteiger charge is -2.38. The number of nitrogens with zero attached hydrogens (tertiary/aromatic N) is 4. The summed E-state index contributed by atoms with van der Waals surface area (Å²) in [6, 6.07) is 7.83. The molecule has 3 heterocycles.